The summed E-state index contributed by atoms with van der Waals surface area (Å²) < 4.78 is 49.7. The van der Waals surface area contributed by atoms with Crippen molar-refractivity contribution >= 4 is 11.7 Å². The molecule has 7 nitrogen and oxygen atoms in total. The SMILES string of the molecule is COC(=O)CC[C@H]1CN(Cc2cc(OC)ccc2O)CC[C@H]1N1CCN(c2cccc(C(F)(F)F)c2)CC1. The van der Waals surface area contributed by atoms with Gasteiger partial charge in [0, 0.05) is 63.0 Å². The number of piperidine rings is 1. The summed E-state index contributed by atoms with van der Waals surface area (Å²) in [6, 6.07) is 11.0. The van der Waals surface area contributed by atoms with Gasteiger partial charge in [-0.2, -0.15) is 13.2 Å². The van der Waals surface area contributed by atoms with Crippen molar-refractivity contribution in [3.8, 4) is 11.5 Å². The summed E-state index contributed by atoms with van der Waals surface area (Å²) in [6.07, 6.45) is -2.44. The van der Waals surface area contributed by atoms with Crippen LogP contribution in [0.15, 0.2) is 42.5 Å². The molecule has 1 N–H and O–H groups in total. The number of piperazine rings is 1. The van der Waals surface area contributed by atoms with Gasteiger partial charge in [0.15, 0.2) is 0 Å². The number of rotatable bonds is 8. The first-order valence-corrected chi connectivity index (χ1v) is 13.0. The van der Waals surface area contributed by atoms with Crippen LogP contribution in [0.3, 0.4) is 0 Å². The number of carbonyl (C=O) groups excluding carboxylic acids is 1. The smallest absolute Gasteiger partial charge is 0.416 e. The number of nitrogens with zero attached hydrogens (tertiary/aromatic N) is 3. The van der Waals surface area contributed by atoms with E-state index < -0.39 is 11.7 Å². The Labute approximate surface area is 221 Å². The van der Waals surface area contributed by atoms with E-state index in [-0.39, 0.29) is 23.7 Å². The lowest BCUT2D eigenvalue weighted by atomic mass is 9.86. The molecular formula is C28H36F3N3O4. The highest BCUT2D eigenvalue weighted by Crippen LogP contribution is 2.33. The summed E-state index contributed by atoms with van der Waals surface area (Å²) in [7, 11) is 2.99. The molecule has 2 heterocycles. The summed E-state index contributed by atoms with van der Waals surface area (Å²) >= 11 is 0. The lowest BCUT2D eigenvalue weighted by molar-refractivity contribution is -0.141. The predicted octanol–water partition coefficient (Wildman–Crippen LogP) is 4.39. The zero-order valence-corrected chi connectivity index (χ0v) is 21.9. The minimum Gasteiger partial charge on any atom is -0.508 e. The summed E-state index contributed by atoms with van der Waals surface area (Å²) in [5, 5.41) is 10.4. The molecule has 0 radical (unpaired) electrons. The minimum atomic E-state index is -4.36. The number of phenols is 1. The van der Waals surface area contributed by atoms with Gasteiger partial charge in [-0.3, -0.25) is 14.6 Å². The molecule has 2 aliphatic heterocycles. The fourth-order valence-corrected chi connectivity index (χ4v) is 5.66. The van der Waals surface area contributed by atoms with E-state index in [1.54, 1.807) is 25.3 Å². The first kappa shape index (κ1) is 28.0. The largest absolute Gasteiger partial charge is 0.508 e. The Bertz CT molecular complexity index is 1090. The van der Waals surface area contributed by atoms with E-state index in [4.69, 9.17) is 9.47 Å². The highest BCUT2D eigenvalue weighted by Gasteiger charge is 2.36. The maximum atomic E-state index is 13.2. The van der Waals surface area contributed by atoms with Gasteiger partial charge in [0.05, 0.1) is 19.8 Å². The minimum absolute atomic E-state index is 0.218. The Kier molecular flexibility index (Phi) is 9.04. The van der Waals surface area contributed by atoms with Crippen LogP contribution in [-0.4, -0.2) is 80.4 Å². The van der Waals surface area contributed by atoms with Gasteiger partial charge in [0.2, 0.25) is 0 Å². The molecule has 38 heavy (non-hydrogen) atoms. The second-order valence-corrected chi connectivity index (χ2v) is 10.0. The predicted molar refractivity (Wildman–Crippen MR) is 138 cm³/mol. The third kappa shape index (κ3) is 6.91. The van der Waals surface area contributed by atoms with Gasteiger partial charge in [-0.25, -0.2) is 0 Å². The zero-order chi connectivity index (χ0) is 27.3. The fraction of sp³-hybridized carbons (Fsp3) is 0.536. The number of methoxy groups -OCH3 is 2. The first-order valence-electron chi connectivity index (χ1n) is 13.0. The summed E-state index contributed by atoms with van der Waals surface area (Å²) in [5.74, 6) is 0.898. The van der Waals surface area contributed by atoms with E-state index in [2.05, 4.69) is 9.80 Å². The molecule has 2 saturated heterocycles. The number of esters is 1. The number of aromatic hydroxyl groups is 1. The maximum absolute atomic E-state index is 13.2. The molecule has 2 aromatic rings. The van der Waals surface area contributed by atoms with Crippen molar-refractivity contribution in [2.24, 2.45) is 5.92 Å². The third-order valence-corrected chi connectivity index (χ3v) is 7.73. The number of carbonyl (C=O) groups is 1. The van der Waals surface area contributed by atoms with Crippen molar-refractivity contribution in [1.29, 1.82) is 0 Å². The summed E-state index contributed by atoms with van der Waals surface area (Å²) in [5.41, 5.74) is 0.758. The van der Waals surface area contributed by atoms with Crippen LogP contribution in [0.2, 0.25) is 0 Å². The maximum Gasteiger partial charge on any atom is 0.416 e. The van der Waals surface area contributed by atoms with Crippen molar-refractivity contribution < 1.29 is 32.5 Å². The van der Waals surface area contributed by atoms with Crippen LogP contribution in [0.25, 0.3) is 0 Å². The molecule has 0 aromatic heterocycles. The highest BCUT2D eigenvalue weighted by atomic mass is 19.4. The van der Waals surface area contributed by atoms with Gasteiger partial charge < -0.3 is 19.5 Å². The number of hydrogen-bond donors (Lipinski definition) is 1. The fourth-order valence-electron chi connectivity index (χ4n) is 5.66. The van der Waals surface area contributed by atoms with E-state index in [1.807, 2.05) is 11.0 Å². The first-order chi connectivity index (χ1) is 18.2. The lowest BCUT2D eigenvalue weighted by Gasteiger charge is -2.47. The van der Waals surface area contributed by atoms with Crippen LogP contribution in [-0.2, 0) is 22.3 Å². The van der Waals surface area contributed by atoms with Gasteiger partial charge >= 0.3 is 12.1 Å². The number of hydrogen-bond acceptors (Lipinski definition) is 7. The second-order valence-electron chi connectivity index (χ2n) is 10.0. The van der Waals surface area contributed by atoms with Gasteiger partial charge in [0.1, 0.15) is 11.5 Å². The van der Waals surface area contributed by atoms with Crippen LogP contribution in [0.4, 0.5) is 18.9 Å². The molecule has 208 valence electrons. The van der Waals surface area contributed by atoms with Crippen LogP contribution >= 0.6 is 0 Å². The van der Waals surface area contributed by atoms with Crippen LogP contribution in [0.1, 0.15) is 30.4 Å². The molecule has 10 heteroatoms. The topological polar surface area (TPSA) is 65.5 Å². The molecule has 4 rings (SSSR count). The Hall–Kier alpha value is -2.98. The highest BCUT2D eigenvalue weighted by molar-refractivity contribution is 5.69. The second kappa shape index (κ2) is 12.3. The number of likely N-dealkylation sites (tertiary alicyclic amines) is 1. The van der Waals surface area contributed by atoms with Crippen molar-refractivity contribution in [3.05, 3.63) is 53.6 Å². The van der Waals surface area contributed by atoms with Gasteiger partial charge in [-0.05, 0) is 61.7 Å². The van der Waals surface area contributed by atoms with E-state index in [0.29, 0.717) is 43.9 Å². The average molecular weight is 536 g/mol. The van der Waals surface area contributed by atoms with E-state index in [0.717, 1.165) is 44.2 Å². The molecule has 0 unspecified atom stereocenters. The molecule has 0 aliphatic carbocycles. The molecule has 0 spiro atoms. The average Bonchev–Trinajstić information content (AvgIpc) is 2.92. The van der Waals surface area contributed by atoms with Crippen molar-refractivity contribution in [1.82, 2.24) is 9.80 Å². The normalized spacial score (nSPS) is 21.3. The van der Waals surface area contributed by atoms with Crippen molar-refractivity contribution in [3.63, 3.8) is 0 Å². The Morgan fingerprint density at radius 3 is 2.50 bits per heavy atom. The van der Waals surface area contributed by atoms with Crippen molar-refractivity contribution in [2.75, 3.05) is 58.4 Å². The Balaban J connectivity index is 1.41. The summed E-state index contributed by atoms with van der Waals surface area (Å²) in [6.45, 7) is 4.95. The molecule has 0 bridgehead atoms. The van der Waals surface area contributed by atoms with Gasteiger partial charge in [0.25, 0.3) is 0 Å². The number of halogens is 3. The monoisotopic (exact) mass is 535 g/mol. The van der Waals surface area contributed by atoms with Gasteiger partial charge in [-0.15, -0.1) is 0 Å². The van der Waals surface area contributed by atoms with Crippen LogP contribution in [0, 0.1) is 5.92 Å². The van der Waals surface area contributed by atoms with E-state index >= 15 is 0 Å². The van der Waals surface area contributed by atoms with E-state index in [9.17, 15) is 23.1 Å². The standard InChI is InChI=1S/C28H36F3N3O4/c1-37-24-7-8-26(35)21(16-24)19-32-11-10-25(20(18-32)6-9-27(36)38-2)34-14-12-33(13-15-34)23-5-3-4-22(17-23)28(29,30)31/h3-5,7-8,16-17,20,25,35H,6,9-15,18-19H2,1-2H3/t20-,25+/m0/s1. The quantitative estimate of drug-likeness (QED) is 0.503. The molecular weight excluding hydrogens is 499 g/mol. The number of anilines is 1. The molecule has 0 amide bonds. The third-order valence-electron chi connectivity index (χ3n) is 7.73. The molecule has 2 atom stereocenters. The summed E-state index contributed by atoms with van der Waals surface area (Å²) in [4.78, 5) is 18.7. The molecule has 2 aromatic carbocycles. The molecule has 2 fully saturated rings. The molecule has 0 saturated carbocycles. The van der Waals surface area contributed by atoms with E-state index in [1.165, 1.54) is 19.2 Å². The number of phenolic OH excluding ortho intramolecular Hbond substituents is 1. The Morgan fingerprint density at radius 1 is 1.05 bits per heavy atom. The Morgan fingerprint density at radius 2 is 1.82 bits per heavy atom. The van der Waals surface area contributed by atoms with Crippen LogP contribution in [0.5, 0.6) is 11.5 Å². The lowest BCUT2D eigenvalue weighted by Crippen LogP contribution is -2.56. The van der Waals surface area contributed by atoms with Gasteiger partial charge in [-0.1, -0.05) is 6.07 Å². The number of benzene rings is 2. The number of ether oxygens (including phenoxy) is 2. The number of alkyl halides is 3. The van der Waals surface area contributed by atoms with Crippen LogP contribution < -0.4 is 9.64 Å². The zero-order valence-electron chi connectivity index (χ0n) is 21.9. The molecule has 2 aliphatic rings. The van der Waals surface area contributed by atoms with Crippen molar-refractivity contribution in [2.45, 2.75) is 38.0 Å².